The molecule has 0 aliphatic heterocycles. The molecule has 4 nitrogen and oxygen atoms in total. The molecule has 0 fully saturated rings. The second kappa shape index (κ2) is 4.37. The number of H-pyrrole nitrogens is 1. The number of benzene rings is 1. The van der Waals surface area contributed by atoms with Crippen molar-refractivity contribution in [1.82, 2.24) is 4.98 Å². The van der Waals surface area contributed by atoms with Crippen LogP contribution in [0.15, 0.2) is 24.4 Å². The number of fused-ring (bicyclic) bond motifs is 1. The highest BCUT2D eigenvalue weighted by atomic mass is 16.2. The van der Waals surface area contributed by atoms with Crippen molar-refractivity contribution in [2.45, 2.75) is 12.8 Å². The Labute approximate surface area is 93.1 Å². The Morgan fingerprint density at radius 1 is 1.44 bits per heavy atom. The molecule has 0 saturated carbocycles. The van der Waals surface area contributed by atoms with Crippen LogP contribution in [0.1, 0.15) is 22.3 Å². The summed E-state index contributed by atoms with van der Waals surface area (Å²) < 4.78 is 0. The molecule has 0 spiro atoms. The number of aromatic nitrogens is 1. The van der Waals surface area contributed by atoms with Crippen LogP contribution in [0.3, 0.4) is 0 Å². The summed E-state index contributed by atoms with van der Waals surface area (Å²) in [5, 5.41) is 9.69. The van der Waals surface area contributed by atoms with E-state index >= 15 is 0 Å². The molecule has 0 aliphatic rings. The lowest BCUT2D eigenvalue weighted by Crippen LogP contribution is -2.11. The van der Waals surface area contributed by atoms with Crippen molar-refractivity contribution in [2.24, 2.45) is 5.73 Å². The molecule has 0 unspecified atom stereocenters. The van der Waals surface area contributed by atoms with Gasteiger partial charge in [0.05, 0.1) is 0 Å². The molecule has 1 aromatic heterocycles. The summed E-state index contributed by atoms with van der Waals surface area (Å²) in [6.07, 6.45) is 3.29. The van der Waals surface area contributed by atoms with Crippen molar-refractivity contribution in [1.29, 1.82) is 0 Å². The number of carbonyl (C=O) groups excluding carboxylic acids is 1. The van der Waals surface area contributed by atoms with Crippen molar-refractivity contribution < 1.29 is 9.90 Å². The van der Waals surface area contributed by atoms with Crippen LogP contribution in [0.5, 0.6) is 0 Å². The number of hydrogen-bond acceptors (Lipinski definition) is 2. The third-order valence-corrected chi connectivity index (χ3v) is 2.66. The monoisotopic (exact) mass is 218 g/mol. The third-order valence-electron chi connectivity index (χ3n) is 2.66. The Morgan fingerprint density at radius 2 is 2.25 bits per heavy atom. The first-order valence-electron chi connectivity index (χ1n) is 5.23. The Bertz CT molecular complexity index is 517. The number of aliphatic hydroxyl groups excluding tert-OH is 1. The second-order valence-electron chi connectivity index (χ2n) is 3.73. The Kier molecular flexibility index (Phi) is 2.92. The molecule has 0 aliphatic carbocycles. The van der Waals surface area contributed by atoms with Crippen molar-refractivity contribution in [3.8, 4) is 0 Å². The predicted molar refractivity (Wildman–Crippen MR) is 62.2 cm³/mol. The molecule has 4 N–H and O–H groups in total. The molecule has 1 heterocycles. The summed E-state index contributed by atoms with van der Waals surface area (Å²) in [6.45, 7) is 0.144. The first-order chi connectivity index (χ1) is 7.74. The van der Waals surface area contributed by atoms with Gasteiger partial charge >= 0.3 is 0 Å². The Morgan fingerprint density at radius 3 is 2.94 bits per heavy atom. The summed E-state index contributed by atoms with van der Waals surface area (Å²) in [6, 6.07) is 5.43. The van der Waals surface area contributed by atoms with Crippen molar-refractivity contribution in [2.75, 3.05) is 6.61 Å². The standard InChI is InChI=1S/C12H14N2O2/c13-12(16)9-4-1-5-10-11(9)8(7-14-10)3-2-6-15/h1,4-5,7,14-15H,2-3,6H2,(H2,13,16). The highest BCUT2D eigenvalue weighted by Crippen LogP contribution is 2.23. The lowest BCUT2D eigenvalue weighted by molar-refractivity contribution is 0.100. The quantitative estimate of drug-likeness (QED) is 0.720. The fourth-order valence-corrected chi connectivity index (χ4v) is 1.93. The van der Waals surface area contributed by atoms with Crippen LogP contribution in [-0.2, 0) is 6.42 Å². The molecule has 4 heteroatoms. The predicted octanol–water partition coefficient (Wildman–Crippen LogP) is 1.19. The third kappa shape index (κ3) is 1.79. The van der Waals surface area contributed by atoms with Crippen molar-refractivity contribution in [3.05, 3.63) is 35.5 Å². The molecule has 2 rings (SSSR count). The minimum atomic E-state index is -0.421. The van der Waals surface area contributed by atoms with Gasteiger partial charge < -0.3 is 15.8 Å². The molecule has 0 saturated heterocycles. The van der Waals surface area contributed by atoms with Crippen LogP contribution in [0.2, 0.25) is 0 Å². The van der Waals surface area contributed by atoms with Crippen LogP contribution in [-0.4, -0.2) is 22.6 Å². The molecular weight excluding hydrogens is 204 g/mol. The van der Waals surface area contributed by atoms with E-state index in [2.05, 4.69) is 4.98 Å². The zero-order chi connectivity index (χ0) is 11.5. The topological polar surface area (TPSA) is 79.1 Å². The maximum Gasteiger partial charge on any atom is 0.249 e. The van der Waals surface area contributed by atoms with E-state index < -0.39 is 5.91 Å². The number of nitrogens with one attached hydrogen (secondary N) is 1. The lowest BCUT2D eigenvalue weighted by atomic mass is 10.0. The lowest BCUT2D eigenvalue weighted by Gasteiger charge is -2.02. The minimum absolute atomic E-state index is 0.144. The number of aliphatic hydroxyl groups is 1. The van der Waals surface area contributed by atoms with Gasteiger partial charge in [-0.05, 0) is 30.5 Å². The molecule has 1 aromatic carbocycles. The largest absolute Gasteiger partial charge is 0.396 e. The molecule has 16 heavy (non-hydrogen) atoms. The first kappa shape index (κ1) is 10.7. The molecule has 0 atom stereocenters. The molecule has 1 amide bonds. The van der Waals surface area contributed by atoms with E-state index in [4.69, 9.17) is 10.8 Å². The van der Waals surface area contributed by atoms with Crippen LogP contribution < -0.4 is 5.73 Å². The van der Waals surface area contributed by atoms with Crippen molar-refractivity contribution in [3.63, 3.8) is 0 Å². The van der Waals surface area contributed by atoms with Gasteiger partial charge in [-0.25, -0.2) is 0 Å². The number of aryl methyl sites for hydroxylation is 1. The molecule has 0 bridgehead atoms. The van der Waals surface area contributed by atoms with Gasteiger partial charge in [-0.15, -0.1) is 0 Å². The summed E-state index contributed by atoms with van der Waals surface area (Å²) in [4.78, 5) is 14.4. The van der Waals surface area contributed by atoms with Gasteiger partial charge in [0, 0.05) is 29.3 Å². The molecule has 84 valence electrons. The summed E-state index contributed by atoms with van der Waals surface area (Å²) in [7, 11) is 0. The zero-order valence-corrected chi connectivity index (χ0v) is 8.86. The van der Waals surface area contributed by atoms with Crippen LogP contribution in [0.4, 0.5) is 0 Å². The number of nitrogens with two attached hydrogens (primary N) is 1. The average Bonchev–Trinajstić information content (AvgIpc) is 2.69. The molecule has 0 radical (unpaired) electrons. The number of amides is 1. The smallest absolute Gasteiger partial charge is 0.249 e. The number of carbonyl (C=O) groups is 1. The first-order valence-corrected chi connectivity index (χ1v) is 5.23. The van der Waals surface area contributed by atoms with Gasteiger partial charge in [-0.3, -0.25) is 4.79 Å². The van der Waals surface area contributed by atoms with Gasteiger partial charge in [-0.2, -0.15) is 0 Å². The van der Waals surface area contributed by atoms with E-state index in [1.54, 1.807) is 12.1 Å². The van der Waals surface area contributed by atoms with E-state index in [1.807, 2.05) is 12.3 Å². The summed E-state index contributed by atoms with van der Waals surface area (Å²) in [5.74, 6) is -0.421. The normalized spacial score (nSPS) is 10.8. The fraction of sp³-hybridized carbons (Fsp3) is 0.250. The highest BCUT2D eigenvalue weighted by molar-refractivity contribution is 6.06. The Balaban J connectivity index is 2.54. The van der Waals surface area contributed by atoms with Crippen LogP contribution in [0.25, 0.3) is 10.9 Å². The SMILES string of the molecule is NC(=O)c1cccc2[nH]cc(CCCO)c12. The number of aromatic amines is 1. The number of primary amides is 1. The summed E-state index contributed by atoms with van der Waals surface area (Å²) >= 11 is 0. The second-order valence-corrected chi connectivity index (χ2v) is 3.73. The van der Waals surface area contributed by atoms with Gasteiger partial charge in [0.15, 0.2) is 0 Å². The van der Waals surface area contributed by atoms with Gasteiger partial charge in [-0.1, -0.05) is 6.07 Å². The molecular formula is C12H14N2O2. The fourth-order valence-electron chi connectivity index (χ4n) is 1.93. The number of hydrogen-bond donors (Lipinski definition) is 3. The zero-order valence-electron chi connectivity index (χ0n) is 8.86. The minimum Gasteiger partial charge on any atom is -0.396 e. The summed E-state index contributed by atoms with van der Waals surface area (Å²) in [5.41, 5.74) is 7.80. The van der Waals surface area contributed by atoms with E-state index in [0.717, 1.165) is 22.9 Å². The number of rotatable bonds is 4. The maximum absolute atomic E-state index is 11.3. The van der Waals surface area contributed by atoms with E-state index in [-0.39, 0.29) is 6.61 Å². The highest BCUT2D eigenvalue weighted by Gasteiger charge is 2.11. The van der Waals surface area contributed by atoms with Crippen LogP contribution >= 0.6 is 0 Å². The van der Waals surface area contributed by atoms with Crippen molar-refractivity contribution >= 4 is 16.8 Å². The Hall–Kier alpha value is -1.81. The van der Waals surface area contributed by atoms with Gasteiger partial charge in [0.1, 0.15) is 0 Å². The maximum atomic E-state index is 11.3. The van der Waals surface area contributed by atoms with E-state index in [1.165, 1.54) is 0 Å². The molecule has 2 aromatic rings. The average molecular weight is 218 g/mol. The van der Waals surface area contributed by atoms with E-state index in [0.29, 0.717) is 12.0 Å². The van der Waals surface area contributed by atoms with E-state index in [9.17, 15) is 4.79 Å². The van der Waals surface area contributed by atoms with Gasteiger partial charge in [0.2, 0.25) is 5.91 Å². The van der Waals surface area contributed by atoms with Crippen LogP contribution in [0, 0.1) is 0 Å². The van der Waals surface area contributed by atoms with Gasteiger partial charge in [0.25, 0.3) is 0 Å².